The summed E-state index contributed by atoms with van der Waals surface area (Å²) >= 11 is 0. The molecule has 0 atom stereocenters. The molecule has 156 valence electrons. The van der Waals surface area contributed by atoms with Gasteiger partial charge in [0.15, 0.2) is 0 Å². The maximum Gasteiger partial charge on any atom is 0.244 e. The van der Waals surface area contributed by atoms with Gasteiger partial charge in [-0.05, 0) is 42.0 Å². The molecule has 1 N–H and O–H groups in total. The highest BCUT2D eigenvalue weighted by atomic mass is 16.5. The van der Waals surface area contributed by atoms with Crippen molar-refractivity contribution in [3.63, 3.8) is 0 Å². The lowest BCUT2D eigenvalue weighted by Crippen LogP contribution is -2.36. The molecule has 31 heavy (non-hydrogen) atoms. The molecule has 1 saturated heterocycles. The summed E-state index contributed by atoms with van der Waals surface area (Å²) < 4.78 is 7.50. The van der Waals surface area contributed by atoms with Gasteiger partial charge in [0.1, 0.15) is 6.54 Å². The maximum atomic E-state index is 12.9. The minimum atomic E-state index is -0.0438. The van der Waals surface area contributed by atoms with Gasteiger partial charge in [-0.3, -0.25) is 4.79 Å². The van der Waals surface area contributed by atoms with Crippen molar-refractivity contribution in [3.8, 4) is 11.3 Å². The number of rotatable bonds is 5. The SMILES string of the molecule is O=C(Cn1c(-c2ccccc2)cc2ccccc21)Nc1ccc(N2CCOCC2)cc1. The Hall–Kier alpha value is -3.57. The predicted octanol–water partition coefficient (Wildman–Crippen LogP) is 4.78. The van der Waals surface area contributed by atoms with Gasteiger partial charge in [0.25, 0.3) is 0 Å². The van der Waals surface area contributed by atoms with Crippen LogP contribution < -0.4 is 10.2 Å². The van der Waals surface area contributed by atoms with E-state index in [2.05, 4.69) is 57.2 Å². The van der Waals surface area contributed by atoms with Gasteiger partial charge >= 0.3 is 0 Å². The summed E-state index contributed by atoms with van der Waals surface area (Å²) in [5, 5.41) is 4.18. The Morgan fingerprint density at radius 2 is 1.58 bits per heavy atom. The standard InChI is InChI=1S/C26H25N3O2/c30-26(27-22-10-12-23(13-11-22)28-14-16-31-17-15-28)19-29-24-9-5-4-8-21(24)18-25(29)20-6-2-1-3-7-20/h1-13,18H,14-17,19H2,(H,27,30). The van der Waals surface area contributed by atoms with Crippen molar-refractivity contribution in [2.45, 2.75) is 6.54 Å². The largest absolute Gasteiger partial charge is 0.378 e. The first kappa shape index (κ1) is 19.4. The van der Waals surface area contributed by atoms with Crippen LogP contribution in [0.4, 0.5) is 11.4 Å². The van der Waals surface area contributed by atoms with Crippen molar-refractivity contribution in [1.82, 2.24) is 4.57 Å². The smallest absolute Gasteiger partial charge is 0.244 e. The van der Waals surface area contributed by atoms with E-state index in [-0.39, 0.29) is 12.5 Å². The van der Waals surface area contributed by atoms with E-state index in [9.17, 15) is 4.79 Å². The van der Waals surface area contributed by atoms with Crippen LogP contribution in [0.25, 0.3) is 22.2 Å². The first-order valence-corrected chi connectivity index (χ1v) is 10.6. The normalized spacial score (nSPS) is 14.0. The fourth-order valence-electron chi connectivity index (χ4n) is 4.15. The number of fused-ring (bicyclic) bond motifs is 1. The molecule has 0 aliphatic carbocycles. The summed E-state index contributed by atoms with van der Waals surface area (Å²) in [6, 6.07) is 28.6. The number of carbonyl (C=O) groups is 1. The first-order valence-electron chi connectivity index (χ1n) is 10.6. The van der Waals surface area contributed by atoms with E-state index < -0.39 is 0 Å². The number of amides is 1. The Kier molecular flexibility index (Phi) is 5.42. The van der Waals surface area contributed by atoms with Crippen LogP contribution in [-0.2, 0) is 16.1 Å². The van der Waals surface area contributed by atoms with Crippen molar-refractivity contribution in [1.29, 1.82) is 0 Å². The molecule has 1 aliphatic heterocycles. The van der Waals surface area contributed by atoms with Crippen LogP contribution in [0.15, 0.2) is 84.9 Å². The summed E-state index contributed by atoms with van der Waals surface area (Å²) in [5.41, 5.74) is 5.16. The zero-order valence-corrected chi connectivity index (χ0v) is 17.3. The van der Waals surface area contributed by atoms with Crippen LogP contribution in [0, 0.1) is 0 Å². The molecular formula is C26H25N3O2. The predicted molar refractivity (Wildman–Crippen MR) is 125 cm³/mol. The van der Waals surface area contributed by atoms with E-state index in [4.69, 9.17) is 4.74 Å². The highest BCUT2D eigenvalue weighted by Crippen LogP contribution is 2.28. The van der Waals surface area contributed by atoms with E-state index in [1.807, 2.05) is 42.5 Å². The summed E-state index contributed by atoms with van der Waals surface area (Å²) in [6.45, 7) is 3.56. The number of benzene rings is 3. The number of para-hydroxylation sites is 1. The molecular weight excluding hydrogens is 386 g/mol. The number of nitrogens with zero attached hydrogens (tertiary/aromatic N) is 2. The van der Waals surface area contributed by atoms with Crippen molar-refractivity contribution in [2.75, 3.05) is 36.5 Å². The van der Waals surface area contributed by atoms with Gasteiger partial charge in [0, 0.05) is 41.1 Å². The van der Waals surface area contributed by atoms with Crippen molar-refractivity contribution in [2.24, 2.45) is 0 Å². The third-order valence-corrected chi connectivity index (χ3v) is 5.71. The molecule has 0 spiro atoms. The molecule has 0 unspecified atom stereocenters. The number of hydrogen-bond donors (Lipinski definition) is 1. The molecule has 1 fully saturated rings. The summed E-state index contributed by atoms with van der Waals surface area (Å²) in [5.74, 6) is -0.0438. The maximum absolute atomic E-state index is 12.9. The highest BCUT2D eigenvalue weighted by molar-refractivity contribution is 5.94. The Morgan fingerprint density at radius 1 is 0.871 bits per heavy atom. The summed E-state index contributed by atoms with van der Waals surface area (Å²) in [6.07, 6.45) is 0. The fraction of sp³-hybridized carbons (Fsp3) is 0.192. The van der Waals surface area contributed by atoms with Crippen molar-refractivity contribution < 1.29 is 9.53 Å². The van der Waals surface area contributed by atoms with Gasteiger partial charge in [0.2, 0.25) is 5.91 Å². The minimum absolute atomic E-state index is 0.0438. The average molecular weight is 412 g/mol. The zero-order chi connectivity index (χ0) is 21.0. The Balaban J connectivity index is 1.36. The lowest BCUT2D eigenvalue weighted by atomic mass is 10.1. The zero-order valence-electron chi connectivity index (χ0n) is 17.3. The molecule has 5 rings (SSSR count). The van der Waals surface area contributed by atoms with Crippen LogP contribution in [0.3, 0.4) is 0 Å². The monoisotopic (exact) mass is 411 g/mol. The second-order valence-electron chi connectivity index (χ2n) is 7.74. The number of anilines is 2. The fourth-order valence-corrected chi connectivity index (χ4v) is 4.15. The minimum Gasteiger partial charge on any atom is -0.378 e. The molecule has 0 saturated carbocycles. The van der Waals surface area contributed by atoms with Gasteiger partial charge < -0.3 is 19.5 Å². The topological polar surface area (TPSA) is 46.5 Å². The second kappa shape index (κ2) is 8.66. The van der Waals surface area contributed by atoms with E-state index >= 15 is 0 Å². The van der Waals surface area contributed by atoms with E-state index in [0.29, 0.717) is 0 Å². The van der Waals surface area contributed by atoms with Crippen LogP contribution in [0.5, 0.6) is 0 Å². The van der Waals surface area contributed by atoms with Gasteiger partial charge in [0.05, 0.1) is 13.2 Å². The lowest BCUT2D eigenvalue weighted by Gasteiger charge is -2.28. The number of nitrogens with one attached hydrogen (secondary N) is 1. The van der Waals surface area contributed by atoms with Crippen LogP contribution in [0.1, 0.15) is 0 Å². The molecule has 1 aromatic heterocycles. The molecule has 3 aromatic carbocycles. The van der Waals surface area contributed by atoms with Gasteiger partial charge in [-0.2, -0.15) is 0 Å². The molecule has 0 radical (unpaired) electrons. The number of ether oxygens (including phenoxy) is 1. The lowest BCUT2D eigenvalue weighted by molar-refractivity contribution is -0.116. The Bertz CT molecular complexity index is 1180. The quantitative estimate of drug-likeness (QED) is 0.514. The Morgan fingerprint density at radius 3 is 2.35 bits per heavy atom. The van der Waals surface area contributed by atoms with Gasteiger partial charge in [-0.15, -0.1) is 0 Å². The summed E-state index contributed by atoms with van der Waals surface area (Å²) in [7, 11) is 0. The third-order valence-electron chi connectivity index (χ3n) is 5.71. The molecule has 1 aliphatic rings. The van der Waals surface area contributed by atoms with E-state index in [0.717, 1.165) is 59.8 Å². The second-order valence-corrected chi connectivity index (χ2v) is 7.74. The average Bonchev–Trinajstić information content (AvgIpc) is 3.19. The van der Waals surface area contributed by atoms with Gasteiger partial charge in [-0.25, -0.2) is 0 Å². The Labute approximate surface area is 181 Å². The molecule has 5 nitrogen and oxygen atoms in total. The molecule has 2 heterocycles. The molecule has 5 heteroatoms. The van der Waals surface area contributed by atoms with E-state index in [1.165, 1.54) is 0 Å². The molecule has 0 bridgehead atoms. The number of carbonyl (C=O) groups excluding carboxylic acids is 1. The first-order chi connectivity index (χ1) is 15.3. The summed E-state index contributed by atoms with van der Waals surface area (Å²) in [4.78, 5) is 15.2. The van der Waals surface area contributed by atoms with Crippen LogP contribution in [-0.4, -0.2) is 36.8 Å². The highest BCUT2D eigenvalue weighted by Gasteiger charge is 2.14. The number of hydrogen-bond acceptors (Lipinski definition) is 3. The number of aromatic nitrogens is 1. The third kappa shape index (κ3) is 4.18. The van der Waals surface area contributed by atoms with Crippen molar-refractivity contribution >= 4 is 28.2 Å². The molecule has 1 amide bonds. The van der Waals surface area contributed by atoms with Crippen LogP contribution >= 0.6 is 0 Å². The van der Waals surface area contributed by atoms with E-state index in [1.54, 1.807) is 0 Å². The van der Waals surface area contributed by atoms with Crippen molar-refractivity contribution in [3.05, 3.63) is 84.9 Å². The van der Waals surface area contributed by atoms with Gasteiger partial charge in [-0.1, -0.05) is 48.5 Å². The van der Waals surface area contributed by atoms with Crippen LogP contribution in [0.2, 0.25) is 0 Å². The molecule has 4 aromatic rings. The number of morpholine rings is 1.